The van der Waals surface area contributed by atoms with E-state index >= 15 is 0 Å². The van der Waals surface area contributed by atoms with Gasteiger partial charge in [0.1, 0.15) is 0 Å². The van der Waals surface area contributed by atoms with E-state index in [1.54, 1.807) is 0 Å². The smallest absolute Gasteiger partial charge is 0.0657 e. The summed E-state index contributed by atoms with van der Waals surface area (Å²) >= 11 is 0. The van der Waals surface area contributed by atoms with Crippen LogP contribution in [-0.2, 0) is 0 Å². The van der Waals surface area contributed by atoms with Crippen molar-refractivity contribution in [2.45, 2.75) is 87.5 Å². The van der Waals surface area contributed by atoms with E-state index in [2.05, 4.69) is 5.32 Å². The molecule has 136 valence electrons. The van der Waals surface area contributed by atoms with Gasteiger partial charge in [-0.3, -0.25) is 0 Å². The zero-order chi connectivity index (χ0) is 15.4. The molecule has 0 amide bonds. The molecule has 0 saturated heterocycles. The van der Waals surface area contributed by atoms with Gasteiger partial charge in [-0.1, -0.05) is 0 Å². The monoisotopic (exact) mass is 353 g/mol. The number of halogens is 1. The first-order chi connectivity index (χ1) is 11.0. The highest BCUT2D eigenvalue weighted by molar-refractivity contribution is 5.85. The van der Waals surface area contributed by atoms with Crippen LogP contribution < -0.4 is 5.32 Å². The van der Waals surface area contributed by atoms with Crippen molar-refractivity contribution in [1.29, 1.82) is 0 Å². The third kappa shape index (κ3) is 2.27. The van der Waals surface area contributed by atoms with E-state index in [1.807, 2.05) is 0 Å². The average molecular weight is 354 g/mol. The zero-order valence-electron chi connectivity index (χ0n) is 14.5. The third-order valence-electron chi connectivity index (χ3n) is 8.87. The Bertz CT molecular complexity index is 462. The van der Waals surface area contributed by atoms with E-state index in [1.165, 1.54) is 25.7 Å². The minimum absolute atomic E-state index is 0. The molecular formula is C20H32ClNO2. The summed E-state index contributed by atoms with van der Waals surface area (Å²) in [6, 6.07) is 1.31. The number of aliphatic hydroxyl groups is 2. The molecule has 8 aliphatic rings. The van der Waals surface area contributed by atoms with Gasteiger partial charge in [-0.25, -0.2) is 0 Å². The molecule has 0 radical (unpaired) electrons. The average Bonchev–Trinajstić information content (AvgIpc) is 2.41. The summed E-state index contributed by atoms with van der Waals surface area (Å²) in [4.78, 5) is 0. The van der Waals surface area contributed by atoms with Crippen LogP contribution in [0, 0.1) is 35.5 Å². The Morgan fingerprint density at radius 3 is 1.21 bits per heavy atom. The second kappa shape index (κ2) is 5.12. The minimum Gasteiger partial charge on any atom is -0.390 e. The summed E-state index contributed by atoms with van der Waals surface area (Å²) in [7, 11) is 0. The highest BCUT2D eigenvalue weighted by Gasteiger charge is 2.58. The van der Waals surface area contributed by atoms with E-state index in [4.69, 9.17) is 0 Å². The molecule has 0 aromatic heterocycles. The molecule has 4 atom stereocenters. The van der Waals surface area contributed by atoms with Gasteiger partial charge in [-0.2, -0.15) is 0 Å². The molecule has 24 heavy (non-hydrogen) atoms. The molecule has 0 aromatic rings. The van der Waals surface area contributed by atoms with Gasteiger partial charge < -0.3 is 15.5 Å². The SMILES string of the molecule is Cl.OC12CC3CC(C1)C(NC1C4CC5CC1CC(O)(C5)C4)C(C3)C2. The van der Waals surface area contributed by atoms with E-state index < -0.39 is 0 Å². The quantitative estimate of drug-likeness (QED) is 0.715. The van der Waals surface area contributed by atoms with E-state index in [9.17, 15) is 10.2 Å². The van der Waals surface area contributed by atoms with Gasteiger partial charge in [0.15, 0.2) is 0 Å². The fourth-order valence-electron chi connectivity index (χ4n) is 8.73. The first-order valence-electron chi connectivity index (χ1n) is 10.2. The van der Waals surface area contributed by atoms with Crippen molar-refractivity contribution >= 4 is 12.4 Å². The molecule has 3 N–H and O–H groups in total. The molecule has 4 unspecified atom stereocenters. The van der Waals surface area contributed by atoms with Crippen molar-refractivity contribution in [2.75, 3.05) is 0 Å². The summed E-state index contributed by atoms with van der Waals surface area (Å²) in [5.41, 5.74) is -0.623. The molecule has 3 nitrogen and oxygen atoms in total. The van der Waals surface area contributed by atoms with Crippen molar-refractivity contribution in [3.63, 3.8) is 0 Å². The van der Waals surface area contributed by atoms with Gasteiger partial charge in [0.05, 0.1) is 11.2 Å². The number of hydrogen-bond acceptors (Lipinski definition) is 3. The van der Waals surface area contributed by atoms with Crippen LogP contribution in [0.25, 0.3) is 0 Å². The van der Waals surface area contributed by atoms with E-state index in [-0.39, 0.29) is 23.6 Å². The lowest BCUT2D eigenvalue weighted by Crippen LogP contribution is -2.67. The maximum Gasteiger partial charge on any atom is 0.0657 e. The topological polar surface area (TPSA) is 52.5 Å². The Morgan fingerprint density at radius 1 is 0.583 bits per heavy atom. The molecule has 0 aliphatic heterocycles. The molecule has 8 rings (SSSR count). The van der Waals surface area contributed by atoms with Crippen molar-refractivity contribution in [3.8, 4) is 0 Å². The van der Waals surface area contributed by atoms with Crippen LogP contribution in [0.15, 0.2) is 0 Å². The predicted molar refractivity (Wildman–Crippen MR) is 95.0 cm³/mol. The Morgan fingerprint density at radius 2 is 0.917 bits per heavy atom. The summed E-state index contributed by atoms with van der Waals surface area (Å²) in [5, 5.41) is 25.8. The van der Waals surface area contributed by atoms with Crippen molar-refractivity contribution in [2.24, 2.45) is 35.5 Å². The second-order valence-corrected chi connectivity index (χ2v) is 10.6. The maximum absolute atomic E-state index is 10.8. The van der Waals surface area contributed by atoms with Gasteiger partial charge in [0.2, 0.25) is 0 Å². The zero-order valence-corrected chi connectivity index (χ0v) is 15.3. The predicted octanol–water partition coefficient (Wildman–Crippen LogP) is 2.88. The van der Waals surface area contributed by atoms with Gasteiger partial charge in [-0.15, -0.1) is 12.4 Å². The lowest BCUT2D eigenvalue weighted by Gasteiger charge is -2.62. The lowest BCUT2D eigenvalue weighted by molar-refractivity contribution is -0.161. The van der Waals surface area contributed by atoms with Crippen LogP contribution in [0.5, 0.6) is 0 Å². The standard InChI is InChI=1S/C20H31NO2.ClH/c22-19-5-11-1-13(7-19)17(14(2-11)8-19)21-18-15-3-12-4-16(18)10-20(23,6-12)9-15;/h11-18,21-23H,1-10H2;1H. The summed E-state index contributed by atoms with van der Waals surface area (Å²) < 4.78 is 0. The van der Waals surface area contributed by atoms with Crippen LogP contribution in [0.2, 0.25) is 0 Å². The molecular weight excluding hydrogens is 322 g/mol. The van der Waals surface area contributed by atoms with Gasteiger partial charge in [-0.05, 0) is 99.7 Å². The first kappa shape index (κ1) is 16.4. The fourth-order valence-corrected chi connectivity index (χ4v) is 8.73. The molecule has 4 heteroatoms. The van der Waals surface area contributed by atoms with Crippen LogP contribution >= 0.6 is 12.4 Å². The van der Waals surface area contributed by atoms with Crippen LogP contribution in [-0.4, -0.2) is 33.5 Å². The molecule has 8 aliphatic carbocycles. The fraction of sp³-hybridized carbons (Fsp3) is 1.00. The molecule has 8 bridgehead atoms. The summed E-state index contributed by atoms with van der Waals surface area (Å²) in [6.45, 7) is 0. The van der Waals surface area contributed by atoms with Gasteiger partial charge >= 0.3 is 0 Å². The lowest BCUT2D eigenvalue weighted by atomic mass is 9.50. The Hall–Kier alpha value is 0.170. The number of hydrogen-bond donors (Lipinski definition) is 3. The molecule has 0 spiro atoms. The van der Waals surface area contributed by atoms with E-state index in [0.29, 0.717) is 35.8 Å². The van der Waals surface area contributed by atoms with E-state index in [0.717, 1.165) is 50.4 Å². The Labute approximate surface area is 151 Å². The summed E-state index contributed by atoms with van der Waals surface area (Å²) in [6.07, 6.45) is 11.8. The first-order valence-corrected chi connectivity index (χ1v) is 10.2. The number of rotatable bonds is 2. The molecule has 8 saturated carbocycles. The Kier molecular flexibility index (Phi) is 3.49. The van der Waals surface area contributed by atoms with Crippen molar-refractivity contribution in [3.05, 3.63) is 0 Å². The molecule has 0 heterocycles. The largest absolute Gasteiger partial charge is 0.390 e. The second-order valence-electron chi connectivity index (χ2n) is 10.6. The normalized spacial score (nSPS) is 62.8. The van der Waals surface area contributed by atoms with Crippen molar-refractivity contribution in [1.82, 2.24) is 5.32 Å². The highest BCUT2D eigenvalue weighted by atomic mass is 35.5. The molecule has 8 fully saturated rings. The van der Waals surface area contributed by atoms with Crippen LogP contribution in [0.4, 0.5) is 0 Å². The highest BCUT2D eigenvalue weighted by Crippen LogP contribution is 2.58. The van der Waals surface area contributed by atoms with Crippen LogP contribution in [0.3, 0.4) is 0 Å². The van der Waals surface area contributed by atoms with Crippen molar-refractivity contribution < 1.29 is 10.2 Å². The number of nitrogens with one attached hydrogen (secondary N) is 1. The van der Waals surface area contributed by atoms with Crippen LogP contribution in [0.1, 0.15) is 64.2 Å². The third-order valence-corrected chi connectivity index (χ3v) is 8.87. The minimum atomic E-state index is -0.312. The van der Waals surface area contributed by atoms with Gasteiger partial charge in [0, 0.05) is 12.1 Å². The maximum atomic E-state index is 10.8. The van der Waals surface area contributed by atoms with Gasteiger partial charge in [0.25, 0.3) is 0 Å². The summed E-state index contributed by atoms with van der Waals surface area (Å²) in [5.74, 6) is 4.46. The Balaban J connectivity index is 0.00000131. The molecule has 0 aromatic carbocycles.